The maximum Gasteiger partial charge on any atom is 0.244 e. The summed E-state index contributed by atoms with van der Waals surface area (Å²) in [5.41, 5.74) is 1.66. The van der Waals surface area contributed by atoms with Gasteiger partial charge in [0.1, 0.15) is 12.6 Å². The summed E-state index contributed by atoms with van der Waals surface area (Å²) in [6.07, 6.45) is 6.21. The number of carbonyl (C=O) groups excluding carboxylic acids is 2. The van der Waals surface area contributed by atoms with E-state index in [0.29, 0.717) is 25.8 Å². The standard InChI is InChI=1S/C31H34BrCl2N3O4S/c1-42(40,41)37(25-15-8-12-23(32)19-25)21-30(38)36(20-26-27(33)16-9-17-28(26)34)29(18-22-10-4-2-5-11-22)31(39)35-24-13-6-3-7-14-24/h2,4-5,8-12,15-17,19,24,29H,3,6-7,13-14,18,20-21H2,1H3,(H,35,39). The van der Waals surface area contributed by atoms with Crippen LogP contribution in [0.1, 0.15) is 43.2 Å². The molecular weight excluding hydrogens is 661 g/mol. The summed E-state index contributed by atoms with van der Waals surface area (Å²) >= 11 is 16.5. The summed E-state index contributed by atoms with van der Waals surface area (Å²) in [5, 5.41) is 3.87. The molecule has 42 heavy (non-hydrogen) atoms. The Morgan fingerprint density at radius 3 is 2.21 bits per heavy atom. The first-order valence-electron chi connectivity index (χ1n) is 13.8. The minimum Gasteiger partial charge on any atom is -0.352 e. The van der Waals surface area contributed by atoms with Crippen LogP contribution in [0, 0.1) is 0 Å². The molecule has 11 heteroatoms. The number of carbonyl (C=O) groups is 2. The molecule has 1 saturated carbocycles. The van der Waals surface area contributed by atoms with Crippen LogP contribution >= 0.6 is 39.1 Å². The Morgan fingerprint density at radius 2 is 1.60 bits per heavy atom. The summed E-state index contributed by atoms with van der Waals surface area (Å²) in [4.78, 5) is 29.7. The van der Waals surface area contributed by atoms with Gasteiger partial charge in [-0.05, 0) is 48.7 Å². The monoisotopic (exact) mass is 693 g/mol. The molecule has 4 rings (SSSR count). The van der Waals surface area contributed by atoms with Gasteiger partial charge in [0, 0.05) is 39.1 Å². The number of rotatable bonds is 11. The summed E-state index contributed by atoms with van der Waals surface area (Å²) in [6, 6.07) is 20.3. The Hall–Kier alpha value is -2.59. The zero-order valence-corrected chi connectivity index (χ0v) is 27.2. The van der Waals surface area contributed by atoms with Crippen molar-refractivity contribution in [1.29, 1.82) is 0 Å². The maximum absolute atomic E-state index is 14.3. The van der Waals surface area contributed by atoms with Gasteiger partial charge in [-0.2, -0.15) is 0 Å². The summed E-state index contributed by atoms with van der Waals surface area (Å²) < 4.78 is 27.6. The van der Waals surface area contributed by atoms with Crippen LogP contribution < -0.4 is 9.62 Å². The molecule has 0 spiro atoms. The van der Waals surface area contributed by atoms with Gasteiger partial charge in [-0.3, -0.25) is 13.9 Å². The van der Waals surface area contributed by atoms with E-state index in [9.17, 15) is 18.0 Å². The summed E-state index contributed by atoms with van der Waals surface area (Å²) in [5.74, 6) is -0.855. The Kier molecular flexibility index (Phi) is 11.3. The molecule has 0 radical (unpaired) electrons. The summed E-state index contributed by atoms with van der Waals surface area (Å²) in [6.45, 7) is -0.595. The van der Waals surface area contributed by atoms with Gasteiger partial charge >= 0.3 is 0 Å². The molecule has 1 aliphatic carbocycles. The number of nitrogens with zero attached hydrogens (tertiary/aromatic N) is 2. The lowest BCUT2D eigenvalue weighted by Gasteiger charge is -2.35. The highest BCUT2D eigenvalue weighted by Gasteiger charge is 2.34. The molecule has 2 amide bonds. The van der Waals surface area contributed by atoms with Gasteiger partial charge in [-0.1, -0.05) is 101 Å². The molecule has 0 aliphatic heterocycles. The number of hydrogen-bond acceptors (Lipinski definition) is 4. The number of benzene rings is 3. The second-order valence-electron chi connectivity index (χ2n) is 10.5. The van der Waals surface area contributed by atoms with Crippen molar-refractivity contribution in [3.05, 3.63) is 98.4 Å². The van der Waals surface area contributed by atoms with E-state index in [0.717, 1.165) is 48.2 Å². The van der Waals surface area contributed by atoms with Crippen molar-refractivity contribution in [1.82, 2.24) is 10.2 Å². The quantitative estimate of drug-likeness (QED) is 0.245. The van der Waals surface area contributed by atoms with Crippen molar-refractivity contribution in [3.8, 4) is 0 Å². The zero-order valence-electron chi connectivity index (χ0n) is 23.3. The molecule has 0 bridgehead atoms. The lowest BCUT2D eigenvalue weighted by atomic mass is 9.94. The predicted molar refractivity (Wildman–Crippen MR) is 172 cm³/mol. The van der Waals surface area contributed by atoms with Crippen LogP contribution in [-0.4, -0.2) is 50.0 Å². The van der Waals surface area contributed by atoms with Crippen LogP contribution in [0.3, 0.4) is 0 Å². The largest absolute Gasteiger partial charge is 0.352 e. The number of sulfonamides is 1. The highest BCUT2D eigenvalue weighted by molar-refractivity contribution is 9.10. The topological polar surface area (TPSA) is 86.8 Å². The zero-order chi connectivity index (χ0) is 30.3. The Labute approximate surface area is 266 Å². The minimum absolute atomic E-state index is 0.0135. The van der Waals surface area contributed by atoms with E-state index in [1.54, 1.807) is 42.5 Å². The SMILES string of the molecule is CS(=O)(=O)N(CC(=O)N(Cc1c(Cl)cccc1Cl)C(Cc1ccccc1)C(=O)NC1CCCCC1)c1cccc(Br)c1. The van der Waals surface area contributed by atoms with Gasteiger partial charge in [0.05, 0.1) is 11.9 Å². The van der Waals surface area contributed by atoms with Gasteiger partial charge in [0.2, 0.25) is 21.8 Å². The van der Waals surface area contributed by atoms with E-state index >= 15 is 0 Å². The Morgan fingerprint density at radius 1 is 0.952 bits per heavy atom. The van der Waals surface area contributed by atoms with Gasteiger partial charge in [-0.25, -0.2) is 8.42 Å². The number of amides is 2. The number of halogens is 3. The van der Waals surface area contributed by atoms with E-state index in [2.05, 4.69) is 21.2 Å². The van der Waals surface area contributed by atoms with E-state index in [-0.39, 0.29) is 24.9 Å². The van der Waals surface area contributed by atoms with Crippen LogP contribution in [0.4, 0.5) is 5.69 Å². The van der Waals surface area contributed by atoms with E-state index in [4.69, 9.17) is 23.2 Å². The first-order chi connectivity index (χ1) is 20.0. The minimum atomic E-state index is -3.87. The third-order valence-electron chi connectivity index (χ3n) is 7.39. The third kappa shape index (κ3) is 8.72. The lowest BCUT2D eigenvalue weighted by Crippen LogP contribution is -2.55. The maximum atomic E-state index is 14.3. The predicted octanol–water partition coefficient (Wildman–Crippen LogP) is 6.61. The average Bonchev–Trinajstić information content (AvgIpc) is 2.95. The molecule has 1 N–H and O–H groups in total. The fourth-order valence-electron chi connectivity index (χ4n) is 5.20. The van der Waals surface area contributed by atoms with Crippen molar-refractivity contribution < 1.29 is 18.0 Å². The summed E-state index contributed by atoms with van der Waals surface area (Å²) in [7, 11) is -3.87. The van der Waals surface area contributed by atoms with Crippen LogP contribution in [0.5, 0.6) is 0 Å². The van der Waals surface area contributed by atoms with Gasteiger partial charge in [0.15, 0.2) is 0 Å². The number of hydrogen-bond donors (Lipinski definition) is 1. The Balaban J connectivity index is 1.76. The Bertz CT molecular complexity index is 1480. The molecule has 0 saturated heterocycles. The molecule has 1 unspecified atom stereocenters. The molecule has 3 aromatic rings. The molecular formula is C31H34BrCl2N3O4S. The number of anilines is 1. The van der Waals surface area contributed by atoms with E-state index in [1.165, 1.54) is 4.90 Å². The highest BCUT2D eigenvalue weighted by Crippen LogP contribution is 2.29. The third-order valence-corrected chi connectivity index (χ3v) is 9.73. The fourth-order valence-corrected chi connectivity index (χ4v) is 6.94. The van der Waals surface area contributed by atoms with Crippen LogP contribution in [0.15, 0.2) is 77.3 Å². The van der Waals surface area contributed by atoms with Gasteiger partial charge in [-0.15, -0.1) is 0 Å². The molecule has 1 fully saturated rings. The lowest BCUT2D eigenvalue weighted by molar-refractivity contribution is -0.140. The fraction of sp³-hybridized carbons (Fsp3) is 0.355. The first-order valence-corrected chi connectivity index (χ1v) is 17.2. The highest BCUT2D eigenvalue weighted by atomic mass is 79.9. The van der Waals surface area contributed by atoms with E-state index < -0.39 is 28.5 Å². The van der Waals surface area contributed by atoms with Crippen LogP contribution in [-0.2, 0) is 32.6 Å². The molecule has 1 aliphatic rings. The second-order valence-corrected chi connectivity index (χ2v) is 14.2. The smallest absolute Gasteiger partial charge is 0.244 e. The van der Waals surface area contributed by atoms with Crippen molar-refractivity contribution in [2.75, 3.05) is 17.1 Å². The van der Waals surface area contributed by atoms with Gasteiger partial charge in [0.25, 0.3) is 0 Å². The van der Waals surface area contributed by atoms with Crippen molar-refractivity contribution >= 4 is 66.7 Å². The van der Waals surface area contributed by atoms with Crippen molar-refractivity contribution in [2.45, 2.75) is 57.2 Å². The van der Waals surface area contributed by atoms with Crippen molar-refractivity contribution in [2.24, 2.45) is 0 Å². The average molecular weight is 696 g/mol. The molecule has 0 aromatic heterocycles. The molecule has 224 valence electrons. The second kappa shape index (κ2) is 14.7. The van der Waals surface area contributed by atoms with Crippen LogP contribution in [0.2, 0.25) is 10.0 Å². The van der Waals surface area contributed by atoms with E-state index in [1.807, 2.05) is 30.3 Å². The number of nitrogens with one attached hydrogen (secondary N) is 1. The van der Waals surface area contributed by atoms with Crippen molar-refractivity contribution in [3.63, 3.8) is 0 Å². The molecule has 1 atom stereocenters. The van der Waals surface area contributed by atoms with Crippen LogP contribution in [0.25, 0.3) is 0 Å². The molecule has 0 heterocycles. The molecule has 7 nitrogen and oxygen atoms in total. The van der Waals surface area contributed by atoms with Gasteiger partial charge < -0.3 is 10.2 Å². The first kappa shape index (κ1) is 32.3. The molecule has 3 aromatic carbocycles. The normalized spacial score (nSPS) is 14.7.